The number of rotatable bonds is 4. The van der Waals surface area contributed by atoms with Gasteiger partial charge in [0.1, 0.15) is 5.76 Å². The Hall–Kier alpha value is -1.55. The largest absolute Gasteiger partial charge is 0.469 e. The molecule has 0 fully saturated rings. The molecule has 2 N–H and O–H groups in total. The molecule has 2 heterocycles. The van der Waals surface area contributed by atoms with E-state index >= 15 is 0 Å². The highest BCUT2D eigenvalue weighted by atomic mass is 16.3. The molecule has 0 amide bonds. The Morgan fingerprint density at radius 2 is 2.38 bits per heavy atom. The maximum atomic E-state index is 6.08. The zero-order valence-electron chi connectivity index (χ0n) is 9.68. The van der Waals surface area contributed by atoms with Crippen molar-refractivity contribution in [2.75, 3.05) is 0 Å². The maximum Gasteiger partial charge on any atom is 0.101 e. The molecule has 1 atom stereocenters. The maximum absolute atomic E-state index is 6.08. The van der Waals surface area contributed by atoms with Crippen LogP contribution in [0.1, 0.15) is 29.3 Å². The zero-order valence-corrected chi connectivity index (χ0v) is 9.68. The van der Waals surface area contributed by atoms with Crippen LogP contribution < -0.4 is 5.73 Å². The van der Waals surface area contributed by atoms with Crippen LogP contribution >= 0.6 is 0 Å². The summed E-state index contributed by atoms with van der Waals surface area (Å²) >= 11 is 0. The third-order valence-corrected chi connectivity index (χ3v) is 2.68. The minimum atomic E-state index is 0.0395. The Morgan fingerprint density at radius 1 is 1.56 bits per heavy atom. The molecular weight excluding hydrogens is 202 g/mol. The van der Waals surface area contributed by atoms with Crippen molar-refractivity contribution in [3.63, 3.8) is 0 Å². The van der Waals surface area contributed by atoms with E-state index in [4.69, 9.17) is 10.2 Å². The van der Waals surface area contributed by atoms with Crippen molar-refractivity contribution < 1.29 is 4.42 Å². The summed E-state index contributed by atoms with van der Waals surface area (Å²) < 4.78 is 7.05. The first-order valence-electron chi connectivity index (χ1n) is 5.43. The number of aryl methyl sites for hydroxylation is 3. The van der Waals surface area contributed by atoms with E-state index in [9.17, 15) is 0 Å². The Kier molecular flexibility index (Phi) is 3.10. The van der Waals surface area contributed by atoms with E-state index in [1.54, 1.807) is 6.26 Å². The van der Waals surface area contributed by atoms with Crippen LogP contribution in [-0.4, -0.2) is 9.78 Å². The molecule has 16 heavy (non-hydrogen) atoms. The molecule has 1 unspecified atom stereocenters. The molecule has 0 bridgehead atoms. The molecule has 4 heteroatoms. The van der Waals surface area contributed by atoms with Crippen LogP contribution in [-0.2, 0) is 13.5 Å². The Balaban J connectivity index is 1.91. The van der Waals surface area contributed by atoms with Gasteiger partial charge in [-0.3, -0.25) is 4.68 Å². The van der Waals surface area contributed by atoms with E-state index in [0.717, 1.165) is 24.2 Å². The SMILES string of the molecule is Cc1cc(C(N)CCc2cnn(C)c2)co1. The third kappa shape index (κ3) is 2.52. The first kappa shape index (κ1) is 11.0. The van der Waals surface area contributed by atoms with Gasteiger partial charge in [0.15, 0.2) is 0 Å². The van der Waals surface area contributed by atoms with Gasteiger partial charge >= 0.3 is 0 Å². The van der Waals surface area contributed by atoms with Gasteiger partial charge in [0.2, 0.25) is 0 Å². The standard InChI is InChI=1S/C12H17N3O/c1-9-5-11(8-16-9)12(13)4-3-10-6-14-15(2)7-10/h5-8,12H,3-4,13H2,1-2H3. The zero-order chi connectivity index (χ0) is 11.5. The smallest absolute Gasteiger partial charge is 0.101 e. The minimum Gasteiger partial charge on any atom is -0.469 e. The van der Waals surface area contributed by atoms with Gasteiger partial charge < -0.3 is 10.2 Å². The topological polar surface area (TPSA) is 57.0 Å². The second-order valence-electron chi connectivity index (χ2n) is 4.16. The second kappa shape index (κ2) is 4.53. The molecule has 0 aliphatic heterocycles. The molecule has 0 aromatic carbocycles. The predicted octanol–water partition coefficient (Wildman–Crippen LogP) is 1.95. The Labute approximate surface area is 95.1 Å². The summed E-state index contributed by atoms with van der Waals surface area (Å²) in [4.78, 5) is 0. The van der Waals surface area contributed by atoms with Gasteiger partial charge in [-0.05, 0) is 31.4 Å². The number of hydrogen-bond donors (Lipinski definition) is 1. The van der Waals surface area contributed by atoms with Crippen molar-refractivity contribution in [1.82, 2.24) is 9.78 Å². The molecule has 2 rings (SSSR count). The summed E-state index contributed by atoms with van der Waals surface area (Å²) in [5, 5.41) is 4.13. The summed E-state index contributed by atoms with van der Waals surface area (Å²) in [6.45, 7) is 1.93. The fourth-order valence-electron chi connectivity index (χ4n) is 1.75. The van der Waals surface area contributed by atoms with Crippen LogP contribution in [0.15, 0.2) is 29.1 Å². The second-order valence-corrected chi connectivity index (χ2v) is 4.16. The van der Waals surface area contributed by atoms with Crippen molar-refractivity contribution in [2.45, 2.75) is 25.8 Å². The van der Waals surface area contributed by atoms with Gasteiger partial charge in [0.25, 0.3) is 0 Å². The first-order valence-corrected chi connectivity index (χ1v) is 5.43. The molecule has 0 spiro atoms. The molecule has 4 nitrogen and oxygen atoms in total. The van der Waals surface area contributed by atoms with Crippen LogP contribution in [0.25, 0.3) is 0 Å². The number of aromatic nitrogens is 2. The average Bonchev–Trinajstić information content (AvgIpc) is 2.84. The van der Waals surface area contributed by atoms with Crippen LogP contribution in [0, 0.1) is 6.92 Å². The van der Waals surface area contributed by atoms with E-state index in [2.05, 4.69) is 5.10 Å². The molecule has 86 valence electrons. The average molecular weight is 219 g/mol. The lowest BCUT2D eigenvalue weighted by molar-refractivity contribution is 0.526. The number of nitrogens with zero attached hydrogens (tertiary/aromatic N) is 2. The summed E-state index contributed by atoms with van der Waals surface area (Å²) in [7, 11) is 1.92. The van der Waals surface area contributed by atoms with E-state index in [1.165, 1.54) is 5.56 Å². The molecule has 2 aromatic rings. The summed E-state index contributed by atoms with van der Waals surface area (Å²) in [5.74, 6) is 0.909. The Bertz CT molecular complexity index is 458. The molecule has 0 aliphatic carbocycles. The fraction of sp³-hybridized carbons (Fsp3) is 0.417. The van der Waals surface area contributed by atoms with E-state index in [0.29, 0.717) is 0 Å². The molecule has 0 aliphatic rings. The van der Waals surface area contributed by atoms with E-state index < -0.39 is 0 Å². The number of nitrogens with two attached hydrogens (primary N) is 1. The van der Waals surface area contributed by atoms with Crippen molar-refractivity contribution in [3.05, 3.63) is 41.6 Å². The summed E-state index contributed by atoms with van der Waals surface area (Å²) in [6, 6.07) is 2.03. The highest BCUT2D eigenvalue weighted by Gasteiger charge is 2.09. The van der Waals surface area contributed by atoms with Gasteiger partial charge in [-0.1, -0.05) is 0 Å². The van der Waals surface area contributed by atoms with Crippen LogP contribution in [0.4, 0.5) is 0 Å². The molecule has 0 radical (unpaired) electrons. The van der Waals surface area contributed by atoms with Gasteiger partial charge in [0, 0.05) is 24.8 Å². The van der Waals surface area contributed by atoms with Crippen molar-refractivity contribution >= 4 is 0 Å². The minimum absolute atomic E-state index is 0.0395. The third-order valence-electron chi connectivity index (χ3n) is 2.68. The lowest BCUT2D eigenvalue weighted by Crippen LogP contribution is -2.10. The van der Waals surface area contributed by atoms with Crippen molar-refractivity contribution in [1.29, 1.82) is 0 Å². The summed E-state index contributed by atoms with van der Waals surface area (Å²) in [6.07, 6.45) is 7.49. The molecule has 0 saturated carbocycles. The first-order chi connectivity index (χ1) is 7.65. The van der Waals surface area contributed by atoms with Crippen LogP contribution in [0.2, 0.25) is 0 Å². The van der Waals surface area contributed by atoms with Crippen LogP contribution in [0.3, 0.4) is 0 Å². The lowest BCUT2D eigenvalue weighted by Gasteiger charge is -2.07. The summed E-state index contributed by atoms with van der Waals surface area (Å²) in [5.41, 5.74) is 8.37. The van der Waals surface area contributed by atoms with Gasteiger partial charge in [-0.25, -0.2) is 0 Å². The number of furan rings is 1. The van der Waals surface area contributed by atoms with Gasteiger partial charge in [-0.15, -0.1) is 0 Å². The monoisotopic (exact) mass is 219 g/mol. The normalized spacial score (nSPS) is 12.9. The van der Waals surface area contributed by atoms with Crippen LogP contribution in [0.5, 0.6) is 0 Å². The Morgan fingerprint density at radius 3 is 2.94 bits per heavy atom. The van der Waals surface area contributed by atoms with E-state index in [1.807, 2.05) is 37.1 Å². The van der Waals surface area contributed by atoms with Crippen molar-refractivity contribution in [2.24, 2.45) is 12.8 Å². The highest BCUT2D eigenvalue weighted by molar-refractivity contribution is 5.16. The molecular formula is C12H17N3O. The quantitative estimate of drug-likeness (QED) is 0.855. The van der Waals surface area contributed by atoms with Crippen molar-refractivity contribution in [3.8, 4) is 0 Å². The van der Waals surface area contributed by atoms with Gasteiger partial charge in [0.05, 0.1) is 12.5 Å². The molecule has 2 aromatic heterocycles. The number of hydrogen-bond acceptors (Lipinski definition) is 3. The highest BCUT2D eigenvalue weighted by Crippen LogP contribution is 2.18. The molecule has 0 saturated heterocycles. The predicted molar refractivity (Wildman–Crippen MR) is 61.9 cm³/mol. The van der Waals surface area contributed by atoms with E-state index in [-0.39, 0.29) is 6.04 Å². The lowest BCUT2D eigenvalue weighted by atomic mass is 10.0. The fourth-order valence-corrected chi connectivity index (χ4v) is 1.75. The van der Waals surface area contributed by atoms with Gasteiger partial charge in [-0.2, -0.15) is 5.10 Å².